The summed E-state index contributed by atoms with van der Waals surface area (Å²) in [5.74, 6) is -0.294. The molecule has 5 nitrogen and oxygen atoms in total. The second-order valence-corrected chi connectivity index (χ2v) is 4.72. The minimum absolute atomic E-state index is 0.157. The van der Waals surface area contributed by atoms with Crippen molar-refractivity contribution in [2.45, 2.75) is 6.54 Å². The molecule has 0 unspecified atom stereocenters. The summed E-state index contributed by atoms with van der Waals surface area (Å²) < 4.78 is 6.67. The Hall–Kier alpha value is -2.69. The highest BCUT2D eigenvalue weighted by Crippen LogP contribution is 2.31. The van der Waals surface area contributed by atoms with Crippen LogP contribution in [0.25, 0.3) is 21.8 Å². The van der Waals surface area contributed by atoms with Gasteiger partial charge in [-0.25, -0.2) is 0 Å². The van der Waals surface area contributed by atoms with Gasteiger partial charge in [0.1, 0.15) is 6.54 Å². The molecule has 0 spiro atoms. The first kappa shape index (κ1) is 12.3. The maximum Gasteiger partial charge on any atom is 0.325 e. The van der Waals surface area contributed by atoms with Crippen LogP contribution in [0.3, 0.4) is 0 Å². The van der Waals surface area contributed by atoms with Gasteiger partial charge < -0.3 is 20.8 Å². The summed E-state index contributed by atoms with van der Waals surface area (Å²) in [6.45, 7) is 0.157. The number of ether oxygens (including phenoxy) is 1. The summed E-state index contributed by atoms with van der Waals surface area (Å²) in [4.78, 5) is 11.6. The van der Waals surface area contributed by atoms with E-state index < -0.39 is 0 Å². The number of hydrogen-bond donors (Lipinski definition) is 2. The second-order valence-electron chi connectivity index (χ2n) is 4.72. The van der Waals surface area contributed by atoms with E-state index in [2.05, 4.69) is 0 Å². The van der Waals surface area contributed by atoms with Gasteiger partial charge in [0, 0.05) is 33.2 Å². The molecular weight excluding hydrogens is 254 g/mol. The monoisotopic (exact) mass is 269 g/mol. The van der Waals surface area contributed by atoms with Crippen molar-refractivity contribution in [2.75, 3.05) is 18.6 Å². The van der Waals surface area contributed by atoms with E-state index in [4.69, 9.17) is 16.2 Å². The van der Waals surface area contributed by atoms with Crippen LogP contribution in [0.15, 0.2) is 36.4 Å². The summed E-state index contributed by atoms with van der Waals surface area (Å²) in [6.07, 6.45) is 0. The molecule has 0 radical (unpaired) electrons. The zero-order chi connectivity index (χ0) is 14.3. The molecule has 0 fully saturated rings. The molecule has 3 rings (SSSR count). The number of nitrogen functional groups attached to an aromatic ring is 2. The van der Waals surface area contributed by atoms with E-state index in [-0.39, 0.29) is 12.5 Å². The van der Waals surface area contributed by atoms with Crippen LogP contribution in [-0.2, 0) is 16.1 Å². The number of methoxy groups -OCH3 is 1. The quantitative estimate of drug-likeness (QED) is 0.551. The highest BCUT2D eigenvalue weighted by Gasteiger charge is 2.13. The van der Waals surface area contributed by atoms with Gasteiger partial charge in [-0.1, -0.05) is 0 Å². The van der Waals surface area contributed by atoms with Crippen LogP contribution in [0.5, 0.6) is 0 Å². The zero-order valence-corrected chi connectivity index (χ0v) is 11.1. The lowest BCUT2D eigenvalue weighted by Crippen LogP contribution is -2.11. The lowest BCUT2D eigenvalue weighted by Gasteiger charge is -2.05. The third kappa shape index (κ3) is 1.84. The number of hydrogen-bond acceptors (Lipinski definition) is 4. The van der Waals surface area contributed by atoms with Gasteiger partial charge in [-0.3, -0.25) is 4.79 Å². The molecule has 0 saturated heterocycles. The highest BCUT2D eigenvalue weighted by molar-refractivity contribution is 6.10. The number of anilines is 2. The smallest absolute Gasteiger partial charge is 0.325 e. The Morgan fingerprint density at radius 3 is 2.00 bits per heavy atom. The molecule has 20 heavy (non-hydrogen) atoms. The minimum atomic E-state index is -0.294. The van der Waals surface area contributed by atoms with E-state index in [1.807, 2.05) is 41.0 Å². The van der Waals surface area contributed by atoms with Crippen molar-refractivity contribution in [2.24, 2.45) is 0 Å². The molecule has 0 aliphatic rings. The number of fused-ring (bicyclic) bond motifs is 3. The van der Waals surface area contributed by atoms with Gasteiger partial charge in [0.2, 0.25) is 0 Å². The molecule has 1 aromatic heterocycles. The fraction of sp³-hybridized carbons (Fsp3) is 0.133. The van der Waals surface area contributed by atoms with E-state index in [0.29, 0.717) is 11.4 Å². The van der Waals surface area contributed by atoms with Gasteiger partial charge in [0.25, 0.3) is 0 Å². The van der Waals surface area contributed by atoms with Crippen molar-refractivity contribution in [3.05, 3.63) is 36.4 Å². The van der Waals surface area contributed by atoms with Gasteiger partial charge in [0.15, 0.2) is 0 Å². The first-order chi connectivity index (χ1) is 9.60. The average Bonchev–Trinajstić information content (AvgIpc) is 2.72. The topological polar surface area (TPSA) is 83.3 Å². The SMILES string of the molecule is COC(=O)Cn1c2ccc(N)cc2c2cc(N)ccc21. The van der Waals surface area contributed by atoms with E-state index in [9.17, 15) is 4.79 Å². The zero-order valence-electron chi connectivity index (χ0n) is 11.1. The van der Waals surface area contributed by atoms with E-state index >= 15 is 0 Å². The number of carbonyl (C=O) groups excluding carboxylic acids is 1. The van der Waals surface area contributed by atoms with Gasteiger partial charge in [-0.05, 0) is 36.4 Å². The molecule has 0 bridgehead atoms. The van der Waals surface area contributed by atoms with E-state index in [1.165, 1.54) is 7.11 Å². The van der Waals surface area contributed by atoms with Crippen molar-refractivity contribution in [1.82, 2.24) is 4.57 Å². The van der Waals surface area contributed by atoms with Crippen LogP contribution >= 0.6 is 0 Å². The van der Waals surface area contributed by atoms with Crippen molar-refractivity contribution >= 4 is 39.1 Å². The molecule has 0 saturated carbocycles. The number of nitrogens with two attached hydrogens (primary N) is 2. The molecule has 2 aromatic carbocycles. The Morgan fingerprint density at radius 1 is 1.05 bits per heavy atom. The number of carbonyl (C=O) groups is 1. The molecular formula is C15H15N3O2. The van der Waals surface area contributed by atoms with E-state index in [1.54, 1.807) is 0 Å². The fourth-order valence-electron chi connectivity index (χ4n) is 2.50. The molecule has 4 N–H and O–H groups in total. The largest absolute Gasteiger partial charge is 0.468 e. The molecule has 3 aromatic rings. The van der Waals surface area contributed by atoms with Crippen LogP contribution in [0.4, 0.5) is 11.4 Å². The van der Waals surface area contributed by atoms with Gasteiger partial charge in [-0.2, -0.15) is 0 Å². The maximum atomic E-state index is 11.6. The van der Waals surface area contributed by atoms with Crippen LogP contribution in [0.2, 0.25) is 0 Å². The van der Waals surface area contributed by atoms with Crippen LogP contribution < -0.4 is 11.5 Å². The lowest BCUT2D eigenvalue weighted by atomic mass is 10.1. The normalized spacial score (nSPS) is 11.1. The standard InChI is InChI=1S/C15H15N3O2/c1-20-15(19)8-18-13-4-2-9(16)6-11(13)12-7-10(17)3-5-14(12)18/h2-7H,8,16-17H2,1H3. The Kier molecular flexibility index (Phi) is 2.75. The molecule has 1 heterocycles. The predicted octanol–water partition coefficient (Wildman–Crippen LogP) is 2.13. The molecule has 5 heteroatoms. The Labute approximate surface area is 115 Å². The number of benzene rings is 2. The van der Waals surface area contributed by atoms with Crippen molar-refractivity contribution < 1.29 is 9.53 Å². The van der Waals surface area contributed by atoms with Gasteiger partial charge in [-0.15, -0.1) is 0 Å². The second kappa shape index (κ2) is 4.45. The Morgan fingerprint density at radius 2 is 1.55 bits per heavy atom. The highest BCUT2D eigenvalue weighted by atomic mass is 16.5. The van der Waals surface area contributed by atoms with Crippen LogP contribution in [-0.4, -0.2) is 17.6 Å². The number of nitrogens with zero attached hydrogens (tertiary/aromatic N) is 1. The summed E-state index contributed by atoms with van der Waals surface area (Å²) in [5.41, 5.74) is 14.9. The first-order valence-corrected chi connectivity index (χ1v) is 6.24. The Balaban J connectivity index is 2.37. The molecule has 102 valence electrons. The van der Waals surface area contributed by atoms with E-state index in [0.717, 1.165) is 21.8 Å². The van der Waals surface area contributed by atoms with Crippen molar-refractivity contribution in [3.63, 3.8) is 0 Å². The first-order valence-electron chi connectivity index (χ1n) is 6.24. The summed E-state index contributed by atoms with van der Waals surface area (Å²) in [7, 11) is 1.38. The molecule has 0 aliphatic heterocycles. The van der Waals surface area contributed by atoms with Crippen LogP contribution in [0.1, 0.15) is 0 Å². The predicted molar refractivity (Wildman–Crippen MR) is 80.3 cm³/mol. The summed E-state index contributed by atoms with van der Waals surface area (Å²) >= 11 is 0. The average molecular weight is 269 g/mol. The van der Waals surface area contributed by atoms with Crippen molar-refractivity contribution in [3.8, 4) is 0 Å². The third-order valence-electron chi connectivity index (χ3n) is 3.43. The summed E-state index contributed by atoms with van der Waals surface area (Å²) in [5, 5.41) is 1.97. The fourth-order valence-corrected chi connectivity index (χ4v) is 2.50. The van der Waals surface area contributed by atoms with Gasteiger partial charge in [0.05, 0.1) is 7.11 Å². The minimum Gasteiger partial charge on any atom is -0.468 e. The number of esters is 1. The van der Waals surface area contributed by atoms with Crippen molar-refractivity contribution in [1.29, 1.82) is 0 Å². The molecule has 0 amide bonds. The third-order valence-corrected chi connectivity index (χ3v) is 3.43. The molecule has 0 aliphatic carbocycles. The number of aromatic nitrogens is 1. The maximum absolute atomic E-state index is 11.6. The van der Waals surface area contributed by atoms with Crippen LogP contribution in [0, 0.1) is 0 Å². The number of rotatable bonds is 2. The summed E-state index contributed by atoms with van der Waals surface area (Å²) in [6, 6.07) is 11.2. The lowest BCUT2D eigenvalue weighted by molar-refractivity contribution is -0.141. The molecule has 0 atom stereocenters. The van der Waals surface area contributed by atoms with Gasteiger partial charge >= 0.3 is 5.97 Å². The Bertz CT molecular complexity index is 761.